The molecule has 0 bridgehead atoms. The van der Waals surface area contributed by atoms with Crippen molar-refractivity contribution < 1.29 is 14.7 Å². The maximum absolute atomic E-state index is 12.7. The zero-order chi connectivity index (χ0) is 15.7. The molecule has 0 spiro atoms. The minimum atomic E-state index is -0.807. The fraction of sp³-hybridized carbons (Fsp3) is 0.556. The third-order valence-electron chi connectivity index (χ3n) is 5.37. The Morgan fingerprint density at radius 3 is 2.59 bits per heavy atom. The fourth-order valence-electron chi connectivity index (χ4n) is 3.81. The summed E-state index contributed by atoms with van der Waals surface area (Å²) in [6, 6.07) is 8.28. The number of likely N-dealkylation sites (tertiary alicyclic amines) is 1. The predicted molar refractivity (Wildman–Crippen MR) is 83.4 cm³/mol. The van der Waals surface area contributed by atoms with Gasteiger partial charge in [-0.05, 0) is 43.7 Å². The van der Waals surface area contributed by atoms with Crippen molar-refractivity contribution in [2.24, 2.45) is 5.41 Å². The van der Waals surface area contributed by atoms with Gasteiger partial charge in [-0.25, -0.2) is 0 Å². The first-order valence-corrected chi connectivity index (χ1v) is 8.12. The molecule has 4 heteroatoms. The van der Waals surface area contributed by atoms with Crippen LogP contribution in [0.5, 0.6) is 0 Å². The van der Waals surface area contributed by atoms with Gasteiger partial charge in [0.15, 0.2) is 0 Å². The van der Waals surface area contributed by atoms with Crippen molar-refractivity contribution in [2.45, 2.75) is 51.5 Å². The van der Waals surface area contributed by atoms with Crippen LogP contribution in [-0.2, 0) is 9.59 Å². The maximum atomic E-state index is 12.7. The number of rotatable bonds is 4. The van der Waals surface area contributed by atoms with Crippen LogP contribution in [-0.4, -0.2) is 28.4 Å². The SMILES string of the molecule is Cc1ccccc1C1CCCN1C(=O)CC1(C(=O)O)CCC1. The lowest BCUT2D eigenvalue weighted by atomic mass is 9.66. The Kier molecular flexibility index (Phi) is 3.94. The van der Waals surface area contributed by atoms with Crippen LogP contribution in [0.1, 0.15) is 55.7 Å². The Labute approximate surface area is 131 Å². The zero-order valence-corrected chi connectivity index (χ0v) is 13.0. The van der Waals surface area contributed by atoms with Crippen LogP contribution >= 0.6 is 0 Å². The molecule has 1 atom stereocenters. The van der Waals surface area contributed by atoms with Gasteiger partial charge in [0.1, 0.15) is 0 Å². The number of carbonyl (C=O) groups excluding carboxylic acids is 1. The first-order valence-electron chi connectivity index (χ1n) is 8.12. The van der Waals surface area contributed by atoms with Gasteiger partial charge in [0.25, 0.3) is 0 Å². The van der Waals surface area contributed by atoms with Gasteiger partial charge in [-0.15, -0.1) is 0 Å². The molecular formula is C18H23NO3. The fourth-order valence-corrected chi connectivity index (χ4v) is 3.81. The predicted octanol–water partition coefficient (Wildman–Crippen LogP) is 3.30. The molecule has 2 aliphatic rings. The molecule has 0 aromatic heterocycles. The molecule has 1 aliphatic carbocycles. The second-order valence-electron chi connectivity index (χ2n) is 6.72. The summed E-state index contributed by atoms with van der Waals surface area (Å²) in [5.74, 6) is -0.799. The summed E-state index contributed by atoms with van der Waals surface area (Å²) in [7, 11) is 0. The van der Waals surface area contributed by atoms with Crippen molar-refractivity contribution in [3.05, 3.63) is 35.4 Å². The van der Waals surface area contributed by atoms with E-state index in [-0.39, 0.29) is 18.4 Å². The molecule has 1 saturated carbocycles. The quantitative estimate of drug-likeness (QED) is 0.928. The Morgan fingerprint density at radius 1 is 1.27 bits per heavy atom. The van der Waals surface area contributed by atoms with Crippen LogP contribution in [0.25, 0.3) is 0 Å². The van der Waals surface area contributed by atoms with Crippen molar-refractivity contribution in [1.82, 2.24) is 4.90 Å². The van der Waals surface area contributed by atoms with E-state index in [2.05, 4.69) is 19.1 Å². The minimum Gasteiger partial charge on any atom is -0.481 e. The molecule has 1 amide bonds. The highest BCUT2D eigenvalue weighted by atomic mass is 16.4. The number of carboxylic acids is 1. The highest BCUT2D eigenvalue weighted by Gasteiger charge is 2.47. The van der Waals surface area contributed by atoms with E-state index < -0.39 is 11.4 Å². The Bertz CT molecular complexity index is 592. The molecule has 3 rings (SSSR count). The summed E-state index contributed by atoms with van der Waals surface area (Å²) in [5.41, 5.74) is 1.60. The summed E-state index contributed by atoms with van der Waals surface area (Å²) in [6.07, 6.45) is 4.31. The first-order chi connectivity index (χ1) is 10.5. The van der Waals surface area contributed by atoms with E-state index >= 15 is 0 Å². The minimum absolute atomic E-state index is 0.00727. The second-order valence-corrected chi connectivity index (χ2v) is 6.72. The normalized spacial score (nSPS) is 23.1. The maximum Gasteiger partial charge on any atom is 0.310 e. The average molecular weight is 301 g/mol. The molecule has 1 aromatic rings. The molecule has 4 nitrogen and oxygen atoms in total. The average Bonchev–Trinajstić information content (AvgIpc) is 2.92. The van der Waals surface area contributed by atoms with Crippen LogP contribution in [0, 0.1) is 12.3 Å². The van der Waals surface area contributed by atoms with E-state index in [9.17, 15) is 14.7 Å². The molecule has 0 radical (unpaired) electrons. The highest BCUT2D eigenvalue weighted by molar-refractivity contribution is 5.86. The van der Waals surface area contributed by atoms with Gasteiger partial charge in [0.05, 0.1) is 11.5 Å². The summed E-state index contributed by atoms with van der Waals surface area (Å²) in [6.45, 7) is 2.81. The monoisotopic (exact) mass is 301 g/mol. The zero-order valence-electron chi connectivity index (χ0n) is 13.0. The van der Waals surface area contributed by atoms with Gasteiger partial charge in [-0.3, -0.25) is 9.59 Å². The lowest BCUT2D eigenvalue weighted by molar-refractivity contribution is -0.159. The van der Waals surface area contributed by atoms with Crippen molar-refractivity contribution in [2.75, 3.05) is 6.54 Å². The molecule has 2 fully saturated rings. The second kappa shape index (κ2) is 5.75. The van der Waals surface area contributed by atoms with E-state index in [1.54, 1.807) is 0 Å². The Hall–Kier alpha value is -1.84. The molecule has 1 aliphatic heterocycles. The number of carbonyl (C=O) groups is 2. The number of carboxylic acid groups (broad SMARTS) is 1. The third-order valence-corrected chi connectivity index (χ3v) is 5.37. The Morgan fingerprint density at radius 2 is 2.00 bits per heavy atom. The number of hydrogen-bond donors (Lipinski definition) is 1. The van der Waals surface area contributed by atoms with Crippen LogP contribution in [0.15, 0.2) is 24.3 Å². The number of benzene rings is 1. The number of aryl methyl sites for hydroxylation is 1. The van der Waals surface area contributed by atoms with E-state index in [4.69, 9.17) is 0 Å². The standard InChI is InChI=1S/C18H23NO3/c1-13-6-2-3-7-14(13)15-8-4-11-19(15)16(20)12-18(17(21)22)9-5-10-18/h2-3,6-7,15H,4-5,8-12H2,1H3,(H,21,22). The third kappa shape index (κ3) is 2.51. The van der Waals surface area contributed by atoms with Gasteiger partial charge in [-0.1, -0.05) is 30.7 Å². The van der Waals surface area contributed by atoms with E-state index in [0.717, 1.165) is 25.8 Å². The molecule has 1 N–H and O–H groups in total. The van der Waals surface area contributed by atoms with Crippen LogP contribution in [0.4, 0.5) is 0 Å². The summed E-state index contributed by atoms with van der Waals surface area (Å²) in [4.78, 5) is 26.1. The van der Waals surface area contributed by atoms with Gasteiger partial charge < -0.3 is 10.0 Å². The lowest BCUT2D eigenvalue weighted by Crippen LogP contribution is -2.43. The lowest BCUT2D eigenvalue weighted by Gasteiger charge is -2.39. The number of aliphatic carboxylic acids is 1. The van der Waals surface area contributed by atoms with Crippen LogP contribution in [0.3, 0.4) is 0 Å². The van der Waals surface area contributed by atoms with Gasteiger partial charge in [0, 0.05) is 13.0 Å². The number of hydrogen-bond acceptors (Lipinski definition) is 2. The molecule has 1 unspecified atom stereocenters. The Balaban J connectivity index is 1.77. The van der Waals surface area contributed by atoms with E-state index in [1.165, 1.54) is 11.1 Å². The topological polar surface area (TPSA) is 57.6 Å². The van der Waals surface area contributed by atoms with Crippen LogP contribution in [0.2, 0.25) is 0 Å². The van der Waals surface area contributed by atoms with Crippen molar-refractivity contribution >= 4 is 11.9 Å². The van der Waals surface area contributed by atoms with Crippen molar-refractivity contribution in [3.63, 3.8) is 0 Å². The molecule has 1 heterocycles. The highest BCUT2D eigenvalue weighted by Crippen LogP contribution is 2.45. The smallest absolute Gasteiger partial charge is 0.310 e. The van der Waals surface area contributed by atoms with Crippen molar-refractivity contribution in [3.8, 4) is 0 Å². The first kappa shape index (κ1) is 15.1. The molecule has 22 heavy (non-hydrogen) atoms. The number of amides is 1. The van der Waals surface area contributed by atoms with Crippen molar-refractivity contribution in [1.29, 1.82) is 0 Å². The van der Waals surface area contributed by atoms with E-state index in [1.807, 2.05) is 17.0 Å². The molecule has 118 valence electrons. The van der Waals surface area contributed by atoms with Gasteiger partial charge in [-0.2, -0.15) is 0 Å². The van der Waals surface area contributed by atoms with Gasteiger partial charge >= 0.3 is 5.97 Å². The van der Waals surface area contributed by atoms with E-state index in [0.29, 0.717) is 12.8 Å². The summed E-state index contributed by atoms with van der Waals surface area (Å²) < 4.78 is 0. The van der Waals surface area contributed by atoms with Crippen LogP contribution < -0.4 is 0 Å². The largest absolute Gasteiger partial charge is 0.481 e. The molecule has 1 aromatic carbocycles. The van der Waals surface area contributed by atoms with Gasteiger partial charge in [0.2, 0.25) is 5.91 Å². The summed E-state index contributed by atoms with van der Waals surface area (Å²) in [5, 5.41) is 9.43. The molecular weight excluding hydrogens is 278 g/mol. The number of nitrogens with zero attached hydrogens (tertiary/aromatic N) is 1. The summed E-state index contributed by atoms with van der Waals surface area (Å²) >= 11 is 0. The molecule has 1 saturated heterocycles.